The Hall–Kier alpha value is -2.78. The van der Waals surface area contributed by atoms with E-state index in [9.17, 15) is 18.0 Å². The summed E-state index contributed by atoms with van der Waals surface area (Å²) < 4.78 is 28.6. The number of benzene rings is 1. The predicted octanol–water partition coefficient (Wildman–Crippen LogP) is 3.41. The van der Waals surface area contributed by atoms with E-state index >= 15 is 0 Å². The second-order valence-electron chi connectivity index (χ2n) is 9.51. The van der Waals surface area contributed by atoms with Gasteiger partial charge < -0.3 is 10.2 Å². The Balaban J connectivity index is 1.30. The number of aryl methyl sites for hydroxylation is 1. The largest absolute Gasteiger partial charge is 0.310 e. The molecule has 1 aliphatic carbocycles. The first kappa shape index (κ1) is 24.3. The minimum Gasteiger partial charge on any atom is -0.310 e. The first-order valence-electron chi connectivity index (χ1n) is 11.8. The highest BCUT2D eigenvalue weighted by atomic mass is 32.2. The molecular formula is C25H32N4O4S. The normalized spacial score (nSPS) is 22.3. The maximum absolute atomic E-state index is 12.9. The van der Waals surface area contributed by atoms with E-state index in [1.807, 2.05) is 19.9 Å². The predicted molar refractivity (Wildman–Crippen MR) is 131 cm³/mol. The van der Waals surface area contributed by atoms with E-state index in [4.69, 9.17) is 0 Å². The van der Waals surface area contributed by atoms with Crippen LogP contribution >= 0.6 is 0 Å². The van der Waals surface area contributed by atoms with Gasteiger partial charge in [-0.15, -0.1) is 0 Å². The summed E-state index contributed by atoms with van der Waals surface area (Å²) in [7, 11) is -3.65. The molecule has 1 saturated carbocycles. The molecule has 2 amide bonds. The van der Waals surface area contributed by atoms with Crippen LogP contribution in [0.4, 0.5) is 11.5 Å². The Bertz CT molecular complexity index is 1170. The molecule has 34 heavy (non-hydrogen) atoms. The van der Waals surface area contributed by atoms with Crippen LogP contribution in [-0.2, 0) is 26.0 Å². The van der Waals surface area contributed by atoms with Crippen molar-refractivity contribution in [1.29, 1.82) is 0 Å². The molecule has 8 nitrogen and oxygen atoms in total. The number of fused-ring (bicyclic) bond motifs is 1. The Labute approximate surface area is 201 Å². The third kappa shape index (κ3) is 5.31. The Morgan fingerprint density at radius 2 is 1.85 bits per heavy atom. The molecule has 4 rings (SSSR count). The maximum atomic E-state index is 12.9. The van der Waals surface area contributed by atoms with Crippen LogP contribution in [0.2, 0.25) is 0 Å². The van der Waals surface area contributed by atoms with Gasteiger partial charge in [0.15, 0.2) is 0 Å². The highest BCUT2D eigenvalue weighted by Gasteiger charge is 2.31. The standard InChI is InChI=1S/C25H32N4O4S/c1-16-4-11-24(26-14-16)28-25(31)20-7-5-19(6-8-20)15-27-34(32,33)22-9-10-23-21(13-22)12-17(2)29(23)18(3)30/h4,9-11,13-14,17,19-20,27H,5-8,12,15H2,1-3H3,(H,26,28,31)/t17-,19?,20?/m1/s1. The number of hydrogen-bond donors (Lipinski definition) is 2. The Kier molecular flexibility index (Phi) is 7.04. The molecule has 0 unspecified atom stereocenters. The summed E-state index contributed by atoms with van der Waals surface area (Å²) in [6.07, 6.45) is 5.39. The van der Waals surface area contributed by atoms with Crippen LogP contribution in [-0.4, -0.2) is 37.8 Å². The van der Waals surface area contributed by atoms with Gasteiger partial charge in [0.25, 0.3) is 0 Å². The van der Waals surface area contributed by atoms with Gasteiger partial charge in [-0.25, -0.2) is 18.1 Å². The van der Waals surface area contributed by atoms with Crippen molar-refractivity contribution in [2.45, 2.75) is 63.8 Å². The second kappa shape index (κ2) is 9.84. The molecule has 2 heterocycles. The average molecular weight is 485 g/mol. The summed E-state index contributed by atoms with van der Waals surface area (Å²) in [4.78, 5) is 30.6. The van der Waals surface area contributed by atoms with E-state index in [-0.39, 0.29) is 34.6 Å². The molecule has 0 bridgehead atoms. The topological polar surface area (TPSA) is 108 Å². The molecule has 1 aromatic heterocycles. The van der Waals surface area contributed by atoms with Gasteiger partial charge >= 0.3 is 0 Å². The van der Waals surface area contributed by atoms with Crippen LogP contribution < -0.4 is 14.9 Å². The number of nitrogens with zero attached hydrogens (tertiary/aromatic N) is 2. The van der Waals surface area contributed by atoms with Crippen molar-refractivity contribution in [2.75, 3.05) is 16.8 Å². The molecule has 0 radical (unpaired) electrons. The van der Waals surface area contributed by atoms with E-state index in [0.717, 1.165) is 42.5 Å². The summed E-state index contributed by atoms with van der Waals surface area (Å²) in [6, 6.07) is 8.69. The first-order valence-corrected chi connectivity index (χ1v) is 13.3. The van der Waals surface area contributed by atoms with Crippen molar-refractivity contribution < 1.29 is 18.0 Å². The zero-order valence-electron chi connectivity index (χ0n) is 19.9. The van der Waals surface area contributed by atoms with Crippen molar-refractivity contribution in [3.05, 3.63) is 47.7 Å². The van der Waals surface area contributed by atoms with Gasteiger partial charge in [0, 0.05) is 37.3 Å². The average Bonchev–Trinajstić information content (AvgIpc) is 3.14. The monoisotopic (exact) mass is 484 g/mol. The molecule has 2 aromatic rings. The number of nitrogens with one attached hydrogen (secondary N) is 2. The van der Waals surface area contributed by atoms with Crippen LogP contribution in [0.1, 0.15) is 50.7 Å². The molecule has 182 valence electrons. The third-order valence-corrected chi connectivity index (χ3v) is 8.28. The molecule has 2 aliphatic rings. The van der Waals surface area contributed by atoms with Gasteiger partial charge in [-0.1, -0.05) is 6.07 Å². The van der Waals surface area contributed by atoms with Gasteiger partial charge in [0.2, 0.25) is 21.8 Å². The van der Waals surface area contributed by atoms with E-state index in [2.05, 4.69) is 15.0 Å². The molecule has 1 aromatic carbocycles. The summed E-state index contributed by atoms with van der Waals surface area (Å²) in [6.45, 7) is 5.78. The molecule has 1 aliphatic heterocycles. The number of pyridine rings is 1. The first-order chi connectivity index (χ1) is 16.1. The minimum atomic E-state index is -3.65. The minimum absolute atomic E-state index is 0.0209. The van der Waals surface area contributed by atoms with Gasteiger partial charge in [0.1, 0.15) is 5.82 Å². The van der Waals surface area contributed by atoms with Gasteiger partial charge in [0.05, 0.1) is 4.90 Å². The van der Waals surface area contributed by atoms with Crippen LogP contribution in [0.25, 0.3) is 0 Å². The molecule has 1 atom stereocenters. The second-order valence-corrected chi connectivity index (χ2v) is 11.3. The van der Waals surface area contributed by atoms with E-state index < -0.39 is 10.0 Å². The van der Waals surface area contributed by atoms with Crippen molar-refractivity contribution in [3.8, 4) is 0 Å². The lowest BCUT2D eigenvalue weighted by molar-refractivity contribution is -0.121. The van der Waals surface area contributed by atoms with Crippen molar-refractivity contribution in [1.82, 2.24) is 9.71 Å². The zero-order chi connectivity index (χ0) is 24.5. The molecular weight excluding hydrogens is 452 g/mol. The van der Waals surface area contributed by atoms with Gasteiger partial charge in [-0.05, 0) is 87.3 Å². The lowest BCUT2D eigenvalue weighted by Crippen LogP contribution is -2.34. The fraction of sp³-hybridized carbons (Fsp3) is 0.480. The quantitative estimate of drug-likeness (QED) is 0.653. The molecule has 2 N–H and O–H groups in total. The number of aromatic nitrogens is 1. The number of sulfonamides is 1. The molecule has 9 heteroatoms. The number of anilines is 2. The number of rotatable bonds is 6. The van der Waals surface area contributed by atoms with Gasteiger partial charge in [-0.2, -0.15) is 0 Å². The number of hydrogen-bond acceptors (Lipinski definition) is 5. The van der Waals surface area contributed by atoms with E-state index in [0.29, 0.717) is 18.8 Å². The number of carbonyl (C=O) groups is 2. The van der Waals surface area contributed by atoms with Crippen molar-refractivity contribution in [2.24, 2.45) is 11.8 Å². The Morgan fingerprint density at radius 3 is 2.50 bits per heavy atom. The summed E-state index contributed by atoms with van der Waals surface area (Å²) in [5.41, 5.74) is 2.70. The van der Waals surface area contributed by atoms with Crippen molar-refractivity contribution >= 4 is 33.3 Å². The van der Waals surface area contributed by atoms with E-state index in [1.165, 1.54) is 6.92 Å². The lowest BCUT2D eigenvalue weighted by Gasteiger charge is -2.27. The smallest absolute Gasteiger partial charge is 0.240 e. The summed E-state index contributed by atoms with van der Waals surface area (Å²) in [5, 5.41) is 2.88. The fourth-order valence-electron chi connectivity index (χ4n) is 4.96. The summed E-state index contributed by atoms with van der Waals surface area (Å²) in [5.74, 6) is 0.597. The number of amides is 2. The van der Waals surface area contributed by atoms with Gasteiger partial charge in [-0.3, -0.25) is 9.59 Å². The SMILES string of the molecule is CC(=O)N1c2ccc(S(=O)(=O)NCC3CCC(C(=O)Nc4ccc(C)cn4)CC3)cc2C[C@H]1C. The van der Waals surface area contributed by atoms with Crippen molar-refractivity contribution in [3.63, 3.8) is 0 Å². The van der Waals surface area contributed by atoms with Crippen LogP contribution in [0.5, 0.6) is 0 Å². The maximum Gasteiger partial charge on any atom is 0.240 e. The molecule has 0 saturated heterocycles. The Morgan fingerprint density at radius 1 is 1.12 bits per heavy atom. The van der Waals surface area contributed by atoms with Crippen LogP contribution in [0.3, 0.4) is 0 Å². The number of carbonyl (C=O) groups excluding carboxylic acids is 2. The van der Waals surface area contributed by atoms with Crippen LogP contribution in [0.15, 0.2) is 41.4 Å². The van der Waals surface area contributed by atoms with E-state index in [1.54, 1.807) is 35.4 Å². The summed E-state index contributed by atoms with van der Waals surface area (Å²) >= 11 is 0. The highest BCUT2D eigenvalue weighted by Crippen LogP contribution is 2.34. The molecule has 1 fully saturated rings. The fourth-order valence-corrected chi connectivity index (χ4v) is 6.13. The van der Waals surface area contributed by atoms with Crippen LogP contribution in [0, 0.1) is 18.8 Å². The third-order valence-electron chi connectivity index (χ3n) is 6.86. The highest BCUT2D eigenvalue weighted by molar-refractivity contribution is 7.89. The molecule has 0 spiro atoms. The zero-order valence-corrected chi connectivity index (χ0v) is 20.7. The lowest BCUT2D eigenvalue weighted by atomic mass is 9.81.